The summed E-state index contributed by atoms with van der Waals surface area (Å²) < 4.78 is 53.7. The van der Waals surface area contributed by atoms with Gasteiger partial charge in [0.15, 0.2) is 0 Å². The highest BCUT2D eigenvalue weighted by Gasteiger charge is 2.41. The zero-order valence-corrected chi connectivity index (χ0v) is 16.6. The number of aliphatic hydroxyl groups is 1. The molecule has 1 fully saturated rings. The van der Waals surface area contributed by atoms with Crippen LogP contribution in [0.2, 0.25) is 0 Å². The van der Waals surface area contributed by atoms with E-state index in [4.69, 9.17) is 9.47 Å². The quantitative estimate of drug-likeness (QED) is 0.798. The van der Waals surface area contributed by atoms with Gasteiger partial charge in [0.2, 0.25) is 5.82 Å². The smallest absolute Gasteiger partial charge is 0.471 e. The molecule has 0 radical (unpaired) electrons. The molecule has 0 amide bonds. The lowest BCUT2D eigenvalue weighted by molar-refractivity contribution is -0.159. The zero-order chi connectivity index (χ0) is 21.5. The van der Waals surface area contributed by atoms with E-state index in [1.807, 2.05) is 18.7 Å². The molecule has 2 aliphatic rings. The number of ether oxygens (including phenoxy) is 2. The molecule has 1 unspecified atom stereocenters. The first-order valence-corrected chi connectivity index (χ1v) is 9.72. The number of pyridine rings is 1. The van der Waals surface area contributed by atoms with Crippen LogP contribution in [0.1, 0.15) is 38.3 Å². The van der Waals surface area contributed by atoms with E-state index in [1.165, 1.54) is 6.20 Å². The molecular formula is C19H23F3N4O4. The van der Waals surface area contributed by atoms with Gasteiger partial charge in [0, 0.05) is 43.0 Å². The van der Waals surface area contributed by atoms with Crippen LogP contribution in [0.3, 0.4) is 0 Å². The van der Waals surface area contributed by atoms with Crippen molar-refractivity contribution in [2.45, 2.75) is 51.7 Å². The van der Waals surface area contributed by atoms with Crippen LogP contribution in [0, 0.1) is 5.41 Å². The Kier molecular flexibility index (Phi) is 5.45. The third-order valence-corrected chi connectivity index (χ3v) is 5.81. The van der Waals surface area contributed by atoms with Crippen molar-refractivity contribution in [3.8, 4) is 17.1 Å². The molecule has 2 aromatic heterocycles. The van der Waals surface area contributed by atoms with Crippen LogP contribution < -0.4 is 4.74 Å². The average molecular weight is 428 g/mol. The van der Waals surface area contributed by atoms with Crippen LogP contribution in [0.4, 0.5) is 13.2 Å². The molecule has 0 bridgehead atoms. The molecule has 1 N–H and O–H groups in total. The summed E-state index contributed by atoms with van der Waals surface area (Å²) in [5.41, 5.74) is 0.527. The molecular weight excluding hydrogens is 405 g/mol. The molecule has 2 aromatic rings. The number of alkyl halides is 3. The fourth-order valence-electron chi connectivity index (χ4n) is 3.75. The van der Waals surface area contributed by atoms with Crippen molar-refractivity contribution in [2.24, 2.45) is 5.41 Å². The number of aliphatic hydroxyl groups excluding tert-OH is 1. The van der Waals surface area contributed by atoms with E-state index >= 15 is 0 Å². The number of fused-ring (bicyclic) bond motifs is 1. The molecule has 1 saturated heterocycles. The van der Waals surface area contributed by atoms with Gasteiger partial charge in [0.1, 0.15) is 18.6 Å². The normalized spacial score (nSPS) is 23.3. The maximum atomic E-state index is 12.7. The van der Waals surface area contributed by atoms with E-state index in [0.717, 1.165) is 12.8 Å². The minimum atomic E-state index is -4.72. The van der Waals surface area contributed by atoms with Gasteiger partial charge >= 0.3 is 12.1 Å². The van der Waals surface area contributed by atoms with E-state index < -0.39 is 18.3 Å². The highest BCUT2D eigenvalue weighted by molar-refractivity contribution is 5.56. The van der Waals surface area contributed by atoms with Crippen LogP contribution in [0.15, 0.2) is 16.8 Å². The summed E-state index contributed by atoms with van der Waals surface area (Å²) in [4.78, 5) is 9.69. The van der Waals surface area contributed by atoms with Crippen molar-refractivity contribution in [2.75, 3.05) is 19.8 Å². The third-order valence-electron chi connectivity index (χ3n) is 5.81. The largest absolute Gasteiger partial charge is 0.490 e. The number of halogens is 3. The van der Waals surface area contributed by atoms with E-state index in [9.17, 15) is 18.3 Å². The topological polar surface area (TPSA) is 93.7 Å². The Balaban J connectivity index is 1.58. The van der Waals surface area contributed by atoms with Gasteiger partial charge in [0.05, 0.1) is 5.69 Å². The van der Waals surface area contributed by atoms with Gasteiger partial charge in [-0.2, -0.15) is 18.2 Å². The predicted molar refractivity (Wildman–Crippen MR) is 97.2 cm³/mol. The predicted octanol–water partition coefficient (Wildman–Crippen LogP) is 2.87. The molecule has 2 atom stereocenters. The monoisotopic (exact) mass is 428 g/mol. The van der Waals surface area contributed by atoms with E-state index in [-0.39, 0.29) is 22.8 Å². The number of rotatable bonds is 3. The molecule has 0 spiro atoms. The van der Waals surface area contributed by atoms with Gasteiger partial charge in [-0.05, 0) is 25.8 Å². The lowest BCUT2D eigenvalue weighted by atomic mass is 9.79. The van der Waals surface area contributed by atoms with Crippen LogP contribution in [-0.4, -0.2) is 57.2 Å². The minimum absolute atomic E-state index is 0.0978. The molecule has 0 aromatic carbocycles. The van der Waals surface area contributed by atoms with Gasteiger partial charge in [-0.15, -0.1) is 0 Å². The average Bonchev–Trinajstić information content (AvgIpc) is 3.15. The van der Waals surface area contributed by atoms with Gasteiger partial charge < -0.3 is 19.1 Å². The number of aromatic nitrogens is 3. The molecule has 0 aliphatic carbocycles. The van der Waals surface area contributed by atoms with Crippen molar-refractivity contribution in [1.82, 2.24) is 20.0 Å². The molecule has 4 heterocycles. The Morgan fingerprint density at radius 3 is 2.70 bits per heavy atom. The number of hydrogen-bond acceptors (Lipinski definition) is 8. The summed E-state index contributed by atoms with van der Waals surface area (Å²) in [6.45, 7) is 5.85. The Hall–Kier alpha value is -2.24. The highest BCUT2D eigenvalue weighted by Crippen LogP contribution is 2.38. The molecule has 2 aliphatic heterocycles. The van der Waals surface area contributed by atoms with E-state index in [2.05, 4.69) is 19.6 Å². The molecule has 11 heteroatoms. The third kappa shape index (κ3) is 4.01. The van der Waals surface area contributed by atoms with Gasteiger partial charge in [-0.25, -0.2) is 0 Å². The summed E-state index contributed by atoms with van der Waals surface area (Å²) in [5, 5.41) is 14.5. The summed E-state index contributed by atoms with van der Waals surface area (Å²) in [6, 6.07) is 1.45. The molecule has 8 nitrogen and oxygen atoms in total. The van der Waals surface area contributed by atoms with Crippen molar-refractivity contribution in [1.29, 1.82) is 0 Å². The first-order chi connectivity index (χ1) is 14.2. The van der Waals surface area contributed by atoms with Crippen LogP contribution in [0.25, 0.3) is 11.4 Å². The Morgan fingerprint density at radius 2 is 2.03 bits per heavy atom. The zero-order valence-electron chi connectivity index (χ0n) is 16.6. The summed E-state index contributed by atoms with van der Waals surface area (Å²) >= 11 is 0. The fraction of sp³-hybridized carbons (Fsp3) is 0.632. The second-order valence-electron chi connectivity index (χ2n) is 8.06. The Morgan fingerprint density at radius 1 is 1.30 bits per heavy atom. The van der Waals surface area contributed by atoms with Crippen molar-refractivity contribution in [3.63, 3.8) is 0 Å². The maximum Gasteiger partial charge on any atom is 0.471 e. The molecule has 0 saturated carbocycles. The SMILES string of the molecule is C[C@H]1COc2cc(-c3noc(C(F)(F)F)n3)cnc2CN1C(O)C1(C)CCOCC1. The summed E-state index contributed by atoms with van der Waals surface area (Å²) in [5.74, 6) is -1.21. The molecule has 4 rings (SSSR count). The maximum absolute atomic E-state index is 12.7. The number of nitrogens with zero attached hydrogens (tertiary/aromatic N) is 4. The number of hydrogen-bond donors (Lipinski definition) is 1. The van der Waals surface area contributed by atoms with Crippen molar-refractivity contribution >= 4 is 0 Å². The first kappa shape index (κ1) is 21.0. The second-order valence-corrected chi connectivity index (χ2v) is 8.06. The van der Waals surface area contributed by atoms with Crippen molar-refractivity contribution in [3.05, 3.63) is 23.8 Å². The van der Waals surface area contributed by atoms with E-state index in [0.29, 0.717) is 37.8 Å². The summed E-state index contributed by atoms with van der Waals surface area (Å²) in [6.07, 6.45) is -2.55. The first-order valence-electron chi connectivity index (χ1n) is 9.72. The lowest BCUT2D eigenvalue weighted by Gasteiger charge is -2.44. The van der Waals surface area contributed by atoms with Crippen LogP contribution >= 0.6 is 0 Å². The van der Waals surface area contributed by atoms with Crippen LogP contribution in [-0.2, 0) is 17.5 Å². The lowest BCUT2D eigenvalue weighted by Crippen LogP contribution is -2.52. The molecule has 30 heavy (non-hydrogen) atoms. The fourth-order valence-corrected chi connectivity index (χ4v) is 3.75. The summed E-state index contributed by atoms with van der Waals surface area (Å²) in [7, 11) is 0. The van der Waals surface area contributed by atoms with Gasteiger partial charge in [-0.1, -0.05) is 12.1 Å². The Labute approximate surface area is 171 Å². The Bertz CT molecular complexity index is 898. The van der Waals surface area contributed by atoms with Gasteiger partial charge in [0.25, 0.3) is 0 Å². The van der Waals surface area contributed by atoms with E-state index in [1.54, 1.807) is 6.07 Å². The van der Waals surface area contributed by atoms with Crippen molar-refractivity contribution < 1.29 is 32.3 Å². The standard InChI is InChI=1S/C19H23F3N4O4/c1-11-10-29-14-7-12(15-24-16(30-25-15)19(20,21)22)8-23-13(14)9-26(11)17(27)18(2)3-5-28-6-4-18/h7-8,11,17,27H,3-6,9-10H2,1-2H3/t11-,17?/m0/s1. The minimum Gasteiger partial charge on any atom is -0.490 e. The second kappa shape index (κ2) is 7.78. The van der Waals surface area contributed by atoms with Crippen LogP contribution in [0.5, 0.6) is 5.75 Å². The molecule has 164 valence electrons. The van der Waals surface area contributed by atoms with Gasteiger partial charge in [-0.3, -0.25) is 9.88 Å². The highest BCUT2D eigenvalue weighted by atomic mass is 19.4.